The van der Waals surface area contributed by atoms with Crippen LogP contribution in [0.5, 0.6) is 5.75 Å². The van der Waals surface area contributed by atoms with Gasteiger partial charge in [0.15, 0.2) is 12.6 Å². The first kappa shape index (κ1) is 21.1. The molecule has 1 amide bonds. The number of hydrogen-bond acceptors (Lipinski definition) is 5. The largest absolute Gasteiger partial charge is 0.483 e. The predicted molar refractivity (Wildman–Crippen MR) is 112 cm³/mol. The lowest BCUT2D eigenvalue weighted by atomic mass is 10.0. The fourth-order valence-electron chi connectivity index (χ4n) is 3.32. The van der Waals surface area contributed by atoms with E-state index in [1.807, 2.05) is 6.92 Å². The maximum atomic E-state index is 12.3. The number of aliphatic carboxylic acids is 1. The van der Waals surface area contributed by atoms with Crippen LogP contribution in [0.3, 0.4) is 0 Å². The van der Waals surface area contributed by atoms with Crippen molar-refractivity contribution in [1.29, 1.82) is 0 Å². The number of carbonyl (C=O) groups is 2. The summed E-state index contributed by atoms with van der Waals surface area (Å²) >= 11 is 0. The minimum atomic E-state index is -1.17. The first-order valence-corrected chi connectivity index (χ1v) is 9.67. The lowest BCUT2D eigenvalue weighted by Gasteiger charge is -2.16. The van der Waals surface area contributed by atoms with E-state index in [0.717, 1.165) is 23.8 Å². The molecule has 7 heteroatoms. The van der Waals surface area contributed by atoms with Gasteiger partial charge in [-0.3, -0.25) is 4.79 Å². The van der Waals surface area contributed by atoms with Crippen LogP contribution in [0.4, 0.5) is 0 Å². The molecule has 7 nitrogen and oxygen atoms in total. The van der Waals surface area contributed by atoms with Gasteiger partial charge < -0.3 is 19.6 Å². The minimum absolute atomic E-state index is 0.373. The van der Waals surface area contributed by atoms with Crippen LogP contribution in [-0.2, 0) is 16.0 Å². The number of hydrogen-bond donors (Lipinski definition) is 2. The summed E-state index contributed by atoms with van der Waals surface area (Å²) in [6.45, 7) is 3.41. The first-order valence-electron chi connectivity index (χ1n) is 9.67. The van der Waals surface area contributed by atoms with Crippen LogP contribution < -0.4 is 15.7 Å². The quantitative estimate of drug-likeness (QED) is 0.553. The van der Waals surface area contributed by atoms with Gasteiger partial charge in [0.2, 0.25) is 0 Å². The highest BCUT2D eigenvalue weighted by Crippen LogP contribution is 2.29. The molecule has 2 N–H and O–H groups in total. The number of carboxylic acids is 1. The summed E-state index contributed by atoms with van der Waals surface area (Å²) in [5.74, 6) is -1.35. The van der Waals surface area contributed by atoms with Gasteiger partial charge in [0.1, 0.15) is 11.3 Å². The molecule has 2 aromatic carbocycles. The number of carboxylic acid groups (broad SMARTS) is 1. The van der Waals surface area contributed by atoms with E-state index in [4.69, 9.17) is 9.15 Å². The Kier molecular flexibility index (Phi) is 6.51. The second-order valence-corrected chi connectivity index (χ2v) is 6.94. The van der Waals surface area contributed by atoms with E-state index in [9.17, 15) is 19.5 Å². The average molecular weight is 409 g/mol. The summed E-state index contributed by atoms with van der Waals surface area (Å²) in [5, 5.41) is 12.7. The summed E-state index contributed by atoms with van der Waals surface area (Å²) in [5.41, 5.74) is 1.97. The Balaban J connectivity index is 1.76. The van der Waals surface area contributed by atoms with Crippen molar-refractivity contribution in [2.45, 2.75) is 32.7 Å². The number of amides is 1. The van der Waals surface area contributed by atoms with Gasteiger partial charge in [-0.1, -0.05) is 43.7 Å². The van der Waals surface area contributed by atoms with Crippen molar-refractivity contribution in [3.8, 4) is 5.75 Å². The van der Waals surface area contributed by atoms with Gasteiger partial charge in [0.05, 0.1) is 0 Å². The van der Waals surface area contributed by atoms with Crippen molar-refractivity contribution < 1.29 is 23.8 Å². The molecule has 1 heterocycles. The molecule has 30 heavy (non-hydrogen) atoms. The SMILES string of the molecule is CCCc1cc(=O)oc2c(C)c(OCC(=O)N[C@H](C(=O)O)c3ccccc3)ccc12. The zero-order valence-corrected chi connectivity index (χ0v) is 16.8. The second-order valence-electron chi connectivity index (χ2n) is 6.94. The standard InChI is InChI=1S/C23H23NO6/c1-3-7-16-12-20(26)30-22-14(2)18(11-10-17(16)22)29-13-19(25)24-21(23(27)28)15-8-5-4-6-9-15/h4-6,8-12,21H,3,7,13H2,1-2H3,(H,24,25)(H,27,28)/t21-/m0/s1. The van der Waals surface area contributed by atoms with Crippen LogP contribution in [0, 0.1) is 6.92 Å². The van der Waals surface area contributed by atoms with Crippen molar-refractivity contribution in [1.82, 2.24) is 5.32 Å². The summed E-state index contributed by atoms with van der Waals surface area (Å²) in [4.78, 5) is 35.7. The van der Waals surface area contributed by atoms with Gasteiger partial charge in [-0.05, 0) is 36.6 Å². The molecule has 0 aliphatic heterocycles. The van der Waals surface area contributed by atoms with Crippen LogP contribution in [0.25, 0.3) is 11.0 Å². The Hall–Kier alpha value is -3.61. The van der Waals surface area contributed by atoms with Crippen molar-refractivity contribution >= 4 is 22.8 Å². The predicted octanol–water partition coefficient (Wildman–Crippen LogP) is 3.37. The number of nitrogens with one attached hydrogen (secondary N) is 1. The van der Waals surface area contributed by atoms with E-state index >= 15 is 0 Å². The second kappa shape index (κ2) is 9.26. The van der Waals surface area contributed by atoms with E-state index in [-0.39, 0.29) is 6.61 Å². The Bertz CT molecular complexity index is 1120. The fraction of sp³-hybridized carbons (Fsp3) is 0.261. The maximum Gasteiger partial charge on any atom is 0.336 e. The highest BCUT2D eigenvalue weighted by atomic mass is 16.5. The minimum Gasteiger partial charge on any atom is -0.483 e. The molecule has 0 unspecified atom stereocenters. The molecule has 3 aromatic rings. The zero-order valence-electron chi connectivity index (χ0n) is 16.8. The molecule has 0 aliphatic carbocycles. The van der Waals surface area contributed by atoms with Gasteiger partial charge >= 0.3 is 11.6 Å². The van der Waals surface area contributed by atoms with Crippen molar-refractivity contribution in [2.24, 2.45) is 0 Å². The van der Waals surface area contributed by atoms with E-state index in [2.05, 4.69) is 5.32 Å². The number of ether oxygens (including phenoxy) is 1. The van der Waals surface area contributed by atoms with Crippen LogP contribution in [0.2, 0.25) is 0 Å². The zero-order chi connectivity index (χ0) is 21.7. The van der Waals surface area contributed by atoms with Crippen LogP contribution in [-0.4, -0.2) is 23.6 Å². The average Bonchev–Trinajstić information content (AvgIpc) is 2.72. The van der Waals surface area contributed by atoms with Crippen LogP contribution in [0.1, 0.15) is 36.1 Å². The maximum absolute atomic E-state index is 12.3. The molecule has 1 aromatic heterocycles. The summed E-state index contributed by atoms with van der Waals surface area (Å²) in [7, 11) is 0. The third kappa shape index (κ3) is 4.68. The van der Waals surface area contributed by atoms with Gasteiger partial charge in [-0.2, -0.15) is 0 Å². The van der Waals surface area contributed by atoms with Crippen molar-refractivity contribution in [3.05, 3.63) is 75.6 Å². The monoisotopic (exact) mass is 409 g/mol. The molecule has 156 valence electrons. The van der Waals surface area contributed by atoms with Gasteiger partial charge in [-0.15, -0.1) is 0 Å². The van der Waals surface area contributed by atoms with E-state index in [0.29, 0.717) is 22.5 Å². The molecule has 1 atom stereocenters. The molecule has 3 rings (SSSR count). The normalized spacial score (nSPS) is 11.8. The molecule has 0 aliphatic rings. The topological polar surface area (TPSA) is 106 Å². The summed E-state index contributed by atoms with van der Waals surface area (Å²) in [6, 6.07) is 12.3. The number of benzene rings is 2. The summed E-state index contributed by atoms with van der Waals surface area (Å²) < 4.78 is 11.0. The third-order valence-corrected chi connectivity index (χ3v) is 4.76. The number of rotatable bonds is 8. The van der Waals surface area contributed by atoms with Crippen molar-refractivity contribution in [2.75, 3.05) is 6.61 Å². The Morgan fingerprint density at radius 1 is 1.17 bits per heavy atom. The molecular weight excluding hydrogens is 386 g/mol. The van der Waals surface area contributed by atoms with Gasteiger partial charge in [0, 0.05) is 17.0 Å². The van der Waals surface area contributed by atoms with E-state index < -0.39 is 23.5 Å². The number of fused-ring (bicyclic) bond motifs is 1. The first-order chi connectivity index (χ1) is 14.4. The highest BCUT2D eigenvalue weighted by molar-refractivity contribution is 5.86. The van der Waals surface area contributed by atoms with E-state index in [1.54, 1.807) is 49.4 Å². The fourth-order valence-corrected chi connectivity index (χ4v) is 3.32. The molecule has 0 fully saturated rings. The smallest absolute Gasteiger partial charge is 0.336 e. The summed E-state index contributed by atoms with van der Waals surface area (Å²) in [6.07, 6.45) is 1.64. The van der Waals surface area contributed by atoms with Gasteiger partial charge in [0.25, 0.3) is 5.91 Å². The third-order valence-electron chi connectivity index (χ3n) is 4.76. The molecule has 0 bridgehead atoms. The van der Waals surface area contributed by atoms with Crippen LogP contribution in [0.15, 0.2) is 57.7 Å². The lowest BCUT2D eigenvalue weighted by Crippen LogP contribution is -2.36. The number of aryl methyl sites for hydroxylation is 2. The van der Waals surface area contributed by atoms with E-state index in [1.165, 1.54) is 6.07 Å². The Labute approximate surface area is 173 Å². The molecular formula is C23H23NO6. The lowest BCUT2D eigenvalue weighted by molar-refractivity contribution is -0.142. The van der Waals surface area contributed by atoms with Crippen LogP contribution >= 0.6 is 0 Å². The van der Waals surface area contributed by atoms with Crippen molar-refractivity contribution in [3.63, 3.8) is 0 Å². The molecule has 0 saturated carbocycles. The van der Waals surface area contributed by atoms with Gasteiger partial charge in [-0.25, -0.2) is 9.59 Å². The Morgan fingerprint density at radius 2 is 1.90 bits per heavy atom. The molecule has 0 spiro atoms. The Morgan fingerprint density at radius 3 is 2.57 bits per heavy atom. The molecule has 0 radical (unpaired) electrons. The number of carbonyl (C=O) groups excluding carboxylic acids is 1. The molecule has 0 saturated heterocycles. The highest BCUT2D eigenvalue weighted by Gasteiger charge is 2.22.